The molecule has 1 aromatic carbocycles. The summed E-state index contributed by atoms with van der Waals surface area (Å²) < 4.78 is 9.98. The number of benzene rings is 1. The summed E-state index contributed by atoms with van der Waals surface area (Å²) in [5.74, 6) is 0. The van der Waals surface area contributed by atoms with Crippen molar-refractivity contribution in [2.24, 2.45) is 0 Å². The molecule has 0 aliphatic heterocycles. The minimum absolute atomic E-state index is 0. The van der Waals surface area contributed by atoms with E-state index in [0.717, 1.165) is 11.1 Å². The molecule has 2 nitrogen and oxygen atoms in total. The van der Waals surface area contributed by atoms with Crippen molar-refractivity contribution in [2.45, 2.75) is 13.2 Å². The molecule has 1 aromatic rings. The van der Waals surface area contributed by atoms with Gasteiger partial charge in [0, 0.05) is 27.4 Å². The standard InChI is InChI=1S/C10H13O2.Li/c1-11-7-9-4-3-5-10(6-9)8-12-2;/h3-5H,7-8H2,1-2H3;/q-1;+1. The molecule has 0 unspecified atom stereocenters. The second-order valence-corrected chi connectivity index (χ2v) is 2.57. The van der Waals surface area contributed by atoms with Gasteiger partial charge < -0.3 is 9.47 Å². The summed E-state index contributed by atoms with van der Waals surface area (Å²) in [5.41, 5.74) is 2.12. The molecule has 3 heteroatoms. The van der Waals surface area contributed by atoms with Crippen LogP contribution in [0.5, 0.6) is 0 Å². The Kier molecular flexibility index (Phi) is 7.03. The molecule has 0 saturated heterocycles. The fraction of sp³-hybridized carbons (Fsp3) is 0.400. The number of methoxy groups -OCH3 is 2. The van der Waals surface area contributed by atoms with Crippen LogP contribution in [-0.2, 0) is 22.7 Å². The first-order valence-corrected chi connectivity index (χ1v) is 3.84. The molecule has 1 rings (SSSR count). The van der Waals surface area contributed by atoms with Crippen LogP contribution >= 0.6 is 0 Å². The van der Waals surface area contributed by atoms with Crippen LogP contribution in [0.1, 0.15) is 11.1 Å². The van der Waals surface area contributed by atoms with Gasteiger partial charge in [0.1, 0.15) is 0 Å². The van der Waals surface area contributed by atoms with Gasteiger partial charge in [0.05, 0.1) is 0 Å². The Morgan fingerprint density at radius 2 is 1.54 bits per heavy atom. The molecule has 0 aliphatic rings. The third kappa shape index (κ3) is 4.49. The summed E-state index contributed by atoms with van der Waals surface area (Å²) in [7, 11) is 3.35. The molecule has 0 aliphatic carbocycles. The van der Waals surface area contributed by atoms with Crippen molar-refractivity contribution < 1.29 is 28.3 Å². The van der Waals surface area contributed by atoms with E-state index in [-0.39, 0.29) is 18.9 Å². The van der Waals surface area contributed by atoms with Crippen molar-refractivity contribution in [2.75, 3.05) is 14.2 Å². The first-order chi connectivity index (χ1) is 5.86. The maximum absolute atomic E-state index is 4.99. The molecular weight excluding hydrogens is 159 g/mol. The van der Waals surface area contributed by atoms with E-state index in [2.05, 4.69) is 6.07 Å². The zero-order valence-electron chi connectivity index (χ0n) is 8.46. The van der Waals surface area contributed by atoms with Gasteiger partial charge >= 0.3 is 18.9 Å². The molecule has 0 heterocycles. The summed E-state index contributed by atoms with van der Waals surface area (Å²) in [5, 5.41) is 0. The predicted molar refractivity (Wildman–Crippen MR) is 46.7 cm³/mol. The Balaban J connectivity index is 0.00000144. The van der Waals surface area contributed by atoms with E-state index in [0.29, 0.717) is 13.2 Å². The first kappa shape index (κ1) is 12.7. The molecular formula is C10H13LiO2. The van der Waals surface area contributed by atoms with Crippen LogP contribution in [-0.4, -0.2) is 14.2 Å². The van der Waals surface area contributed by atoms with Gasteiger partial charge in [-0.25, -0.2) is 0 Å². The molecule has 66 valence electrons. The molecule has 0 spiro atoms. The van der Waals surface area contributed by atoms with Crippen LogP contribution in [0.15, 0.2) is 18.2 Å². The van der Waals surface area contributed by atoms with Crippen LogP contribution in [0.3, 0.4) is 0 Å². The van der Waals surface area contributed by atoms with Crippen molar-refractivity contribution in [3.8, 4) is 0 Å². The third-order valence-corrected chi connectivity index (χ3v) is 1.52. The molecule has 0 saturated carbocycles. The molecule has 0 bridgehead atoms. The van der Waals surface area contributed by atoms with E-state index in [9.17, 15) is 0 Å². The van der Waals surface area contributed by atoms with E-state index in [1.54, 1.807) is 14.2 Å². The van der Waals surface area contributed by atoms with Gasteiger partial charge in [0.15, 0.2) is 0 Å². The Bertz CT molecular complexity index is 217. The summed E-state index contributed by atoms with van der Waals surface area (Å²) in [4.78, 5) is 0. The van der Waals surface area contributed by atoms with Gasteiger partial charge in [-0.15, -0.1) is 11.1 Å². The SMILES string of the molecule is COCc1[c-]c(COC)ccc1.[Li+]. The maximum atomic E-state index is 4.99. The monoisotopic (exact) mass is 172 g/mol. The van der Waals surface area contributed by atoms with Crippen molar-refractivity contribution in [3.05, 3.63) is 35.4 Å². The normalized spacial score (nSPS) is 9.38. The summed E-state index contributed by atoms with van der Waals surface area (Å²) >= 11 is 0. The largest absolute Gasteiger partial charge is 1.00 e. The van der Waals surface area contributed by atoms with Crippen molar-refractivity contribution >= 4 is 0 Å². The molecule has 0 N–H and O–H groups in total. The maximum Gasteiger partial charge on any atom is 1.00 e. The van der Waals surface area contributed by atoms with E-state index < -0.39 is 0 Å². The van der Waals surface area contributed by atoms with Gasteiger partial charge in [-0.2, -0.15) is 24.3 Å². The summed E-state index contributed by atoms with van der Waals surface area (Å²) in [6.45, 7) is 1.22. The molecule has 0 atom stereocenters. The predicted octanol–water partition coefficient (Wildman–Crippen LogP) is -1.22. The van der Waals surface area contributed by atoms with Crippen molar-refractivity contribution in [3.63, 3.8) is 0 Å². The molecule has 0 aromatic heterocycles. The topological polar surface area (TPSA) is 18.5 Å². The van der Waals surface area contributed by atoms with Gasteiger partial charge in [-0.05, 0) is 0 Å². The van der Waals surface area contributed by atoms with Gasteiger partial charge in [0.25, 0.3) is 0 Å². The average Bonchev–Trinajstić information content (AvgIpc) is 2.06. The number of hydrogen-bond donors (Lipinski definition) is 0. The van der Waals surface area contributed by atoms with Gasteiger partial charge in [0.2, 0.25) is 0 Å². The minimum atomic E-state index is 0. The van der Waals surface area contributed by atoms with Crippen LogP contribution in [0.4, 0.5) is 0 Å². The quantitative estimate of drug-likeness (QED) is 0.419. The van der Waals surface area contributed by atoms with E-state index in [1.807, 2.05) is 18.2 Å². The Morgan fingerprint density at radius 1 is 1.08 bits per heavy atom. The molecule has 0 fully saturated rings. The van der Waals surface area contributed by atoms with E-state index >= 15 is 0 Å². The first-order valence-electron chi connectivity index (χ1n) is 3.84. The third-order valence-electron chi connectivity index (χ3n) is 1.52. The minimum Gasteiger partial charge on any atom is -0.382 e. The van der Waals surface area contributed by atoms with Crippen molar-refractivity contribution in [1.29, 1.82) is 0 Å². The fourth-order valence-electron chi connectivity index (χ4n) is 1.05. The van der Waals surface area contributed by atoms with Crippen molar-refractivity contribution in [1.82, 2.24) is 0 Å². The molecule has 0 amide bonds. The second kappa shape index (κ2) is 7.17. The Hall–Kier alpha value is -0.263. The smallest absolute Gasteiger partial charge is 0.382 e. The summed E-state index contributed by atoms with van der Waals surface area (Å²) in [6.07, 6.45) is 0. The Morgan fingerprint density at radius 3 is 1.92 bits per heavy atom. The number of hydrogen-bond acceptors (Lipinski definition) is 2. The van der Waals surface area contributed by atoms with E-state index in [4.69, 9.17) is 9.47 Å². The second-order valence-electron chi connectivity index (χ2n) is 2.57. The number of rotatable bonds is 4. The van der Waals surface area contributed by atoms with Gasteiger partial charge in [-0.1, -0.05) is 0 Å². The molecule has 0 radical (unpaired) electrons. The van der Waals surface area contributed by atoms with Crippen LogP contribution < -0.4 is 18.9 Å². The van der Waals surface area contributed by atoms with Crippen LogP contribution in [0, 0.1) is 6.07 Å². The fourth-order valence-corrected chi connectivity index (χ4v) is 1.05. The number of ether oxygens (including phenoxy) is 2. The Labute approximate surface area is 91.4 Å². The molecule has 13 heavy (non-hydrogen) atoms. The van der Waals surface area contributed by atoms with Crippen LogP contribution in [0.2, 0.25) is 0 Å². The van der Waals surface area contributed by atoms with Gasteiger partial charge in [-0.3, -0.25) is 0 Å². The zero-order chi connectivity index (χ0) is 8.81. The van der Waals surface area contributed by atoms with E-state index in [1.165, 1.54) is 0 Å². The van der Waals surface area contributed by atoms with Crippen LogP contribution in [0.25, 0.3) is 0 Å². The average molecular weight is 172 g/mol. The summed E-state index contributed by atoms with van der Waals surface area (Å²) in [6, 6.07) is 9.16. The zero-order valence-corrected chi connectivity index (χ0v) is 8.46.